The SMILES string of the molecule is CCOc1ccc2cc(C3CC(c4ccc(I)cc4)=NN3c3cccc(C(=O)O)c3)c(Cl)nc2c1. The Labute approximate surface area is 221 Å². The molecule has 0 bridgehead atoms. The third kappa shape index (κ3) is 4.83. The molecule has 1 aliphatic heterocycles. The molecule has 8 heteroatoms. The molecule has 1 unspecified atom stereocenters. The average molecular weight is 598 g/mol. The predicted octanol–water partition coefficient (Wildman–Crippen LogP) is 6.95. The maximum Gasteiger partial charge on any atom is 0.335 e. The number of carboxylic acid groups (broad SMARTS) is 1. The number of benzene rings is 3. The Morgan fingerprint density at radius 3 is 2.69 bits per heavy atom. The number of nitrogens with zero attached hydrogens (tertiary/aromatic N) is 3. The minimum absolute atomic E-state index is 0.199. The molecule has 1 N–H and O–H groups in total. The smallest absolute Gasteiger partial charge is 0.335 e. The Morgan fingerprint density at radius 1 is 1.14 bits per heavy atom. The van der Waals surface area contributed by atoms with Crippen molar-refractivity contribution in [1.29, 1.82) is 0 Å². The van der Waals surface area contributed by atoms with Crippen molar-refractivity contribution in [1.82, 2.24) is 4.98 Å². The Balaban J connectivity index is 1.60. The topological polar surface area (TPSA) is 75.0 Å². The van der Waals surface area contributed by atoms with E-state index in [9.17, 15) is 9.90 Å². The minimum atomic E-state index is -0.986. The molecule has 1 atom stereocenters. The van der Waals surface area contributed by atoms with Crippen LogP contribution in [-0.4, -0.2) is 28.4 Å². The fourth-order valence-corrected chi connectivity index (χ4v) is 4.85. The number of carboxylic acids is 1. The molecule has 0 amide bonds. The molecule has 0 aliphatic carbocycles. The first-order valence-corrected chi connectivity index (χ1v) is 12.6. The van der Waals surface area contributed by atoms with E-state index in [1.165, 1.54) is 0 Å². The van der Waals surface area contributed by atoms with Gasteiger partial charge in [-0.1, -0.05) is 29.8 Å². The molecular formula is C27H21ClIN3O3. The molecule has 2 heterocycles. The number of halogens is 2. The number of rotatable bonds is 6. The van der Waals surface area contributed by atoms with Crippen LogP contribution in [0.25, 0.3) is 10.9 Å². The second-order valence-electron chi connectivity index (χ2n) is 8.13. The number of pyridine rings is 1. The number of anilines is 1. The highest BCUT2D eigenvalue weighted by Crippen LogP contribution is 2.40. The highest BCUT2D eigenvalue weighted by atomic mass is 127. The van der Waals surface area contributed by atoms with Gasteiger partial charge in [-0.15, -0.1) is 0 Å². The Hall–Kier alpha value is -3.17. The van der Waals surface area contributed by atoms with Crippen LogP contribution >= 0.6 is 34.2 Å². The molecule has 1 aromatic heterocycles. The summed E-state index contributed by atoms with van der Waals surface area (Å²) in [6.45, 7) is 2.51. The molecule has 0 radical (unpaired) electrons. The monoisotopic (exact) mass is 597 g/mol. The van der Waals surface area contributed by atoms with Gasteiger partial charge in [-0.3, -0.25) is 5.01 Å². The highest BCUT2D eigenvalue weighted by Gasteiger charge is 2.32. The zero-order valence-corrected chi connectivity index (χ0v) is 21.7. The Morgan fingerprint density at radius 2 is 1.94 bits per heavy atom. The molecule has 6 nitrogen and oxygen atoms in total. The van der Waals surface area contributed by atoms with Gasteiger partial charge in [-0.25, -0.2) is 9.78 Å². The summed E-state index contributed by atoms with van der Waals surface area (Å²) in [5.74, 6) is -0.242. The number of carbonyl (C=O) groups is 1. The summed E-state index contributed by atoms with van der Waals surface area (Å²) in [6.07, 6.45) is 0.599. The molecule has 4 aromatic rings. The second-order valence-corrected chi connectivity index (χ2v) is 9.73. The largest absolute Gasteiger partial charge is 0.494 e. The molecule has 5 rings (SSSR count). The maximum absolute atomic E-state index is 11.6. The highest BCUT2D eigenvalue weighted by molar-refractivity contribution is 14.1. The van der Waals surface area contributed by atoms with Gasteiger partial charge in [-0.05, 0) is 83.6 Å². The van der Waals surface area contributed by atoms with Crippen molar-refractivity contribution in [2.24, 2.45) is 5.10 Å². The van der Waals surface area contributed by atoms with Gasteiger partial charge < -0.3 is 9.84 Å². The summed E-state index contributed by atoms with van der Waals surface area (Å²) < 4.78 is 6.74. The van der Waals surface area contributed by atoms with Crippen molar-refractivity contribution < 1.29 is 14.6 Å². The van der Waals surface area contributed by atoms with Crippen LogP contribution in [0.3, 0.4) is 0 Å². The molecule has 176 valence electrons. The molecule has 0 fully saturated rings. The normalized spacial score (nSPS) is 15.3. The molecule has 3 aromatic carbocycles. The Bertz CT molecular complexity index is 1460. The quantitative estimate of drug-likeness (QED) is 0.192. The van der Waals surface area contributed by atoms with Gasteiger partial charge in [-0.2, -0.15) is 5.10 Å². The van der Waals surface area contributed by atoms with Crippen LogP contribution < -0.4 is 9.75 Å². The van der Waals surface area contributed by atoms with Gasteiger partial charge in [0.2, 0.25) is 0 Å². The first-order chi connectivity index (χ1) is 16.9. The standard InChI is InChI=1S/C27H21ClIN3O3/c1-2-35-21-11-8-17-13-22(26(28)30-23(17)14-21)25-15-24(16-6-9-19(29)10-7-16)31-32(25)20-5-3-4-18(12-20)27(33)34/h3-14,25H,2,15H2,1H3,(H,33,34). The van der Waals surface area contributed by atoms with Crippen molar-refractivity contribution in [2.75, 3.05) is 11.6 Å². The molecule has 0 spiro atoms. The van der Waals surface area contributed by atoms with E-state index >= 15 is 0 Å². The van der Waals surface area contributed by atoms with E-state index in [0.717, 1.165) is 37.1 Å². The maximum atomic E-state index is 11.6. The first kappa shape index (κ1) is 23.6. The van der Waals surface area contributed by atoms with Crippen LogP contribution in [0.1, 0.15) is 40.9 Å². The lowest BCUT2D eigenvalue weighted by atomic mass is 9.98. The third-order valence-electron chi connectivity index (χ3n) is 5.89. The van der Waals surface area contributed by atoms with E-state index in [1.54, 1.807) is 18.2 Å². The molecule has 0 saturated carbocycles. The molecule has 35 heavy (non-hydrogen) atoms. The van der Waals surface area contributed by atoms with E-state index in [2.05, 4.69) is 27.6 Å². The lowest BCUT2D eigenvalue weighted by Gasteiger charge is -2.25. The van der Waals surface area contributed by atoms with Gasteiger partial charge in [0, 0.05) is 27.0 Å². The van der Waals surface area contributed by atoms with Crippen LogP contribution in [0, 0.1) is 3.57 Å². The van der Waals surface area contributed by atoms with Crippen molar-refractivity contribution in [2.45, 2.75) is 19.4 Å². The number of fused-ring (bicyclic) bond motifs is 1. The summed E-state index contributed by atoms with van der Waals surface area (Å²) in [7, 11) is 0. The summed E-state index contributed by atoms with van der Waals surface area (Å²) in [5.41, 5.74) is 4.37. The average Bonchev–Trinajstić information content (AvgIpc) is 3.29. The van der Waals surface area contributed by atoms with Crippen molar-refractivity contribution in [3.63, 3.8) is 0 Å². The van der Waals surface area contributed by atoms with Crippen LogP contribution in [0.4, 0.5) is 5.69 Å². The molecule has 0 saturated heterocycles. The predicted molar refractivity (Wildman–Crippen MR) is 147 cm³/mol. The van der Waals surface area contributed by atoms with E-state index in [-0.39, 0.29) is 11.6 Å². The van der Waals surface area contributed by atoms with Crippen LogP contribution in [0.15, 0.2) is 77.9 Å². The zero-order chi connectivity index (χ0) is 24.5. The lowest BCUT2D eigenvalue weighted by Crippen LogP contribution is -2.19. The van der Waals surface area contributed by atoms with Gasteiger partial charge >= 0.3 is 5.97 Å². The number of hydrogen-bond donors (Lipinski definition) is 1. The molecular weight excluding hydrogens is 577 g/mol. The van der Waals surface area contributed by atoms with Gasteiger partial charge in [0.15, 0.2) is 0 Å². The summed E-state index contributed by atoms with van der Waals surface area (Å²) in [6, 6.07) is 22.5. The lowest BCUT2D eigenvalue weighted by molar-refractivity contribution is 0.0697. The van der Waals surface area contributed by atoms with Crippen molar-refractivity contribution >= 4 is 62.5 Å². The van der Waals surface area contributed by atoms with E-state index < -0.39 is 5.97 Å². The second kappa shape index (κ2) is 9.83. The summed E-state index contributed by atoms with van der Waals surface area (Å²) in [4.78, 5) is 16.3. The minimum Gasteiger partial charge on any atom is -0.494 e. The van der Waals surface area contributed by atoms with Crippen LogP contribution in [0.2, 0.25) is 5.15 Å². The fourth-order valence-electron chi connectivity index (χ4n) is 4.22. The summed E-state index contributed by atoms with van der Waals surface area (Å²) in [5, 5.41) is 17.6. The van der Waals surface area contributed by atoms with E-state index in [0.29, 0.717) is 23.9 Å². The van der Waals surface area contributed by atoms with E-state index in [1.807, 2.05) is 66.5 Å². The van der Waals surface area contributed by atoms with Crippen molar-refractivity contribution in [3.05, 3.63) is 98.2 Å². The van der Waals surface area contributed by atoms with Crippen LogP contribution in [-0.2, 0) is 0 Å². The summed E-state index contributed by atoms with van der Waals surface area (Å²) >= 11 is 9.01. The fraction of sp³-hybridized carbons (Fsp3) is 0.148. The zero-order valence-electron chi connectivity index (χ0n) is 18.8. The van der Waals surface area contributed by atoms with Gasteiger partial charge in [0.05, 0.1) is 35.1 Å². The molecule has 1 aliphatic rings. The van der Waals surface area contributed by atoms with Crippen molar-refractivity contribution in [3.8, 4) is 5.75 Å². The number of aromatic nitrogens is 1. The van der Waals surface area contributed by atoms with E-state index in [4.69, 9.17) is 21.4 Å². The number of ether oxygens (including phenoxy) is 1. The van der Waals surface area contributed by atoms with Gasteiger partial charge in [0.25, 0.3) is 0 Å². The number of hydrazone groups is 1. The van der Waals surface area contributed by atoms with Gasteiger partial charge in [0.1, 0.15) is 10.9 Å². The number of hydrogen-bond acceptors (Lipinski definition) is 5. The third-order valence-corrected chi connectivity index (χ3v) is 6.91. The van der Waals surface area contributed by atoms with Crippen LogP contribution in [0.5, 0.6) is 5.75 Å². The Kier molecular flexibility index (Phi) is 6.62. The number of aromatic carboxylic acids is 1. The first-order valence-electron chi connectivity index (χ1n) is 11.1.